The van der Waals surface area contributed by atoms with E-state index >= 15 is 0 Å². The van der Waals surface area contributed by atoms with E-state index in [-0.39, 0.29) is 25.4 Å². The standard InChI is InChI=1S/C18H10Cl2N2O4S3/c19-13-7-5-11(27-13)16(23)15(18-21-9-3-1-2-4-10(9)22-18)17(24)12-6-8-14(28-12)29(20,25)26/h1-8,21-22H. The summed E-state index contributed by atoms with van der Waals surface area (Å²) in [6, 6.07) is 12.9. The number of Topliss-reactive ketones (excluding diaryl/α,β-unsaturated/α-hetero) is 2. The van der Waals surface area contributed by atoms with Gasteiger partial charge < -0.3 is 10.6 Å². The van der Waals surface area contributed by atoms with Crippen molar-refractivity contribution >= 4 is 76.9 Å². The Hall–Kier alpha value is -2.17. The molecule has 2 aromatic heterocycles. The van der Waals surface area contributed by atoms with Crippen molar-refractivity contribution in [3.8, 4) is 0 Å². The highest BCUT2D eigenvalue weighted by molar-refractivity contribution is 8.15. The quantitative estimate of drug-likeness (QED) is 0.170. The van der Waals surface area contributed by atoms with E-state index in [0.29, 0.717) is 27.0 Å². The van der Waals surface area contributed by atoms with E-state index in [0.717, 1.165) is 11.3 Å². The summed E-state index contributed by atoms with van der Waals surface area (Å²) in [5, 5.41) is 6.08. The van der Waals surface area contributed by atoms with Crippen molar-refractivity contribution in [3.05, 3.63) is 74.0 Å². The summed E-state index contributed by atoms with van der Waals surface area (Å²) in [5.41, 5.74) is 1.26. The molecule has 6 nitrogen and oxygen atoms in total. The Kier molecular flexibility index (Phi) is 5.26. The first-order valence-electron chi connectivity index (χ1n) is 8.00. The summed E-state index contributed by atoms with van der Waals surface area (Å²) >= 11 is 7.70. The molecule has 1 aromatic carbocycles. The zero-order valence-corrected chi connectivity index (χ0v) is 18.2. The maximum Gasteiger partial charge on any atom is 0.270 e. The third kappa shape index (κ3) is 3.96. The van der Waals surface area contributed by atoms with Gasteiger partial charge in [-0.05, 0) is 36.4 Å². The molecule has 0 saturated carbocycles. The lowest BCUT2D eigenvalue weighted by Crippen LogP contribution is -2.19. The molecule has 3 heterocycles. The molecule has 0 radical (unpaired) electrons. The molecule has 1 aliphatic heterocycles. The second-order valence-corrected chi connectivity index (χ2v) is 11.5. The van der Waals surface area contributed by atoms with Crippen LogP contribution in [0.4, 0.5) is 11.4 Å². The fourth-order valence-electron chi connectivity index (χ4n) is 2.71. The molecule has 0 atom stereocenters. The number of hydrogen-bond acceptors (Lipinski definition) is 8. The average Bonchev–Trinajstić information content (AvgIpc) is 3.39. The SMILES string of the molecule is O=C(C(C(=O)c1ccc(S(=O)(=O)Cl)s1)=C1Nc2ccccc2N1)c1ccc(Cl)s1. The van der Waals surface area contributed by atoms with Crippen molar-refractivity contribution in [2.45, 2.75) is 4.21 Å². The predicted molar refractivity (Wildman–Crippen MR) is 116 cm³/mol. The Morgan fingerprint density at radius 1 is 0.828 bits per heavy atom. The highest BCUT2D eigenvalue weighted by atomic mass is 35.7. The van der Waals surface area contributed by atoms with Gasteiger partial charge in [0.15, 0.2) is 0 Å². The number of carbonyl (C=O) groups excluding carboxylic acids is 2. The maximum absolute atomic E-state index is 13.2. The first kappa shape index (κ1) is 20.1. The largest absolute Gasteiger partial charge is 0.339 e. The molecule has 0 amide bonds. The summed E-state index contributed by atoms with van der Waals surface area (Å²) in [7, 11) is 1.38. The molecule has 2 N–H and O–H groups in total. The van der Waals surface area contributed by atoms with Gasteiger partial charge in [0.1, 0.15) is 15.6 Å². The van der Waals surface area contributed by atoms with Crippen LogP contribution in [0.25, 0.3) is 0 Å². The Morgan fingerprint density at radius 2 is 1.38 bits per heavy atom. The lowest BCUT2D eigenvalue weighted by atomic mass is 10.0. The molecule has 29 heavy (non-hydrogen) atoms. The molecule has 0 unspecified atom stereocenters. The lowest BCUT2D eigenvalue weighted by Gasteiger charge is -2.09. The van der Waals surface area contributed by atoms with Gasteiger partial charge in [-0.2, -0.15) is 0 Å². The molecule has 0 bridgehead atoms. The van der Waals surface area contributed by atoms with Crippen LogP contribution in [0.1, 0.15) is 19.3 Å². The van der Waals surface area contributed by atoms with Crippen LogP contribution >= 0.6 is 45.0 Å². The molecular formula is C18H10Cl2N2O4S3. The second kappa shape index (κ2) is 7.58. The van der Waals surface area contributed by atoms with Gasteiger partial charge in [-0.3, -0.25) is 9.59 Å². The number of fused-ring (bicyclic) bond motifs is 1. The summed E-state index contributed by atoms with van der Waals surface area (Å²) in [5.74, 6) is -0.938. The highest BCUT2D eigenvalue weighted by Crippen LogP contribution is 2.35. The van der Waals surface area contributed by atoms with Gasteiger partial charge in [0.2, 0.25) is 11.6 Å². The van der Waals surface area contributed by atoms with E-state index in [1.54, 1.807) is 18.2 Å². The monoisotopic (exact) mass is 484 g/mol. The second-order valence-electron chi connectivity index (χ2n) is 5.86. The number of thiophene rings is 2. The fraction of sp³-hybridized carbons (Fsp3) is 0. The summed E-state index contributed by atoms with van der Waals surface area (Å²) in [6.45, 7) is 0. The van der Waals surface area contributed by atoms with Crippen molar-refractivity contribution in [2.75, 3.05) is 10.6 Å². The zero-order valence-electron chi connectivity index (χ0n) is 14.2. The van der Waals surface area contributed by atoms with E-state index in [1.807, 2.05) is 12.1 Å². The number of ketones is 2. The minimum absolute atomic E-state index is 0.0716. The van der Waals surface area contributed by atoms with Crippen LogP contribution in [0.2, 0.25) is 4.34 Å². The van der Waals surface area contributed by atoms with Crippen molar-refractivity contribution in [1.82, 2.24) is 0 Å². The summed E-state index contributed by atoms with van der Waals surface area (Å²) in [6.07, 6.45) is 0. The van der Waals surface area contributed by atoms with Gasteiger partial charge in [0.05, 0.1) is 25.5 Å². The van der Waals surface area contributed by atoms with E-state index < -0.39 is 20.6 Å². The molecule has 0 saturated heterocycles. The smallest absolute Gasteiger partial charge is 0.270 e. The zero-order chi connectivity index (χ0) is 20.8. The highest BCUT2D eigenvalue weighted by Gasteiger charge is 2.31. The molecule has 0 aliphatic carbocycles. The fourth-order valence-corrected chi connectivity index (χ4v) is 5.72. The van der Waals surface area contributed by atoms with Crippen LogP contribution < -0.4 is 10.6 Å². The van der Waals surface area contributed by atoms with E-state index in [4.69, 9.17) is 22.3 Å². The van der Waals surface area contributed by atoms with Gasteiger partial charge in [-0.1, -0.05) is 23.7 Å². The molecule has 0 fully saturated rings. The van der Waals surface area contributed by atoms with Gasteiger partial charge >= 0.3 is 0 Å². The van der Waals surface area contributed by atoms with Gasteiger partial charge in [-0.15, -0.1) is 22.7 Å². The Balaban J connectivity index is 1.81. The van der Waals surface area contributed by atoms with Crippen molar-refractivity contribution in [1.29, 1.82) is 0 Å². The number of hydrogen-bond donors (Lipinski definition) is 2. The lowest BCUT2D eigenvalue weighted by molar-refractivity contribution is 0.0965. The first-order valence-corrected chi connectivity index (χ1v) is 12.3. The summed E-state index contributed by atoms with van der Waals surface area (Å²) in [4.78, 5) is 26.8. The Labute approximate surface area is 183 Å². The van der Waals surface area contributed by atoms with Crippen molar-refractivity contribution in [2.24, 2.45) is 0 Å². The van der Waals surface area contributed by atoms with E-state index in [1.165, 1.54) is 18.2 Å². The normalized spacial score (nSPS) is 12.8. The molecule has 1 aliphatic rings. The third-order valence-corrected chi connectivity index (χ3v) is 8.40. The Morgan fingerprint density at radius 3 is 1.86 bits per heavy atom. The summed E-state index contributed by atoms with van der Waals surface area (Å²) < 4.78 is 23.3. The van der Waals surface area contributed by atoms with Crippen molar-refractivity contribution < 1.29 is 18.0 Å². The molecule has 3 aromatic rings. The topological polar surface area (TPSA) is 92.3 Å². The number of carbonyl (C=O) groups is 2. The number of benzene rings is 1. The van der Waals surface area contributed by atoms with Crippen LogP contribution in [-0.4, -0.2) is 20.0 Å². The number of rotatable bonds is 5. The number of allylic oxidation sites excluding steroid dienone is 1. The maximum atomic E-state index is 13.2. The number of anilines is 2. The molecular weight excluding hydrogens is 475 g/mol. The third-order valence-electron chi connectivity index (χ3n) is 3.99. The van der Waals surface area contributed by atoms with Crippen LogP contribution in [0.3, 0.4) is 0 Å². The average molecular weight is 485 g/mol. The van der Waals surface area contributed by atoms with E-state index in [9.17, 15) is 18.0 Å². The number of nitrogens with one attached hydrogen (secondary N) is 2. The predicted octanol–water partition coefficient (Wildman–Crippen LogP) is 5.21. The minimum Gasteiger partial charge on any atom is -0.339 e. The van der Waals surface area contributed by atoms with Gasteiger partial charge in [-0.25, -0.2) is 8.42 Å². The van der Waals surface area contributed by atoms with Crippen LogP contribution in [0.5, 0.6) is 0 Å². The number of halogens is 2. The van der Waals surface area contributed by atoms with Crippen LogP contribution in [0, 0.1) is 0 Å². The molecule has 148 valence electrons. The van der Waals surface area contributed by atoms with Crippen LogP contribution in [-0.2, 0) is 9.05 Å². The van der Waals surface area contributed by atoms with Crippen LogP contribution in [0.15, 0.2) is 64.1 Å². The van der Waals surface area contributed by atoms with Gasteiger partial charge in [0, 0.05) is 10.7 Å². The molecule has 0 spiro atoms. The number of para-hydroxylation sites is 2. The van der Waals surface area contributed by atoms with Gasteiger partial charge in [0.25, 0.3) is 9.05 Å². The van der Waals surface area contributed by atoms with E-state index in [2.05, 4.69) is 10.6 Å². The Bertz CT molecular complexity index is 1260. The molecule has 11 heteroatoms. The first-order chi connectivity index (χ1) is 13.7. The molecule has 4 rings (SSSR count). The van der Waals surface area contributed by atoms with Crippen molar-refractivity contribution in [3.63, 3.8) is 0 Å². The minimum atomic E-state index is -3.98.